The first-order valence-electron chi connectivity index (χ1n) is 5.88. The quantitative estimate of drug-likeness (QED) is 0.849. The van der Waals surface area contributed by atoms with Crippen molar-refractivity contribution in [2.75, 3.05) is 7.11 Å². The highest BCUT2D eigenvalue weighted by Crippen LogP contribution is 2.34. The number of carboxylic acids is 1. The molecular weight excluding hydrogens is 220 g/mol. The summed E-state index contributed by atoms with van der Waals surface area (Å²) in [4.78, 5) is 11.0. The SMILES string of the molecule is COCc1c(C(=O)O)cnn1CC1CC(C)C1. The van der Waals surface area contributed by atoms with Gasteiger partial charge in [0.2, 0.25) is 0 Å². The van der Waals surface area contributed by atoms with Crippen LogP contribution in [0.15, 0.2) is 6.20 Å². The predicted molar refractivity (Wildman–Crippen MR) is 61.8 cm³/mol. The highest BCUT2D eigenvalue weighted by atomic mass is 16.5. The Kier molecular flexibility index (Phi) is 3.47. The van der Waals surface area contributed by atoms with Crippen LogP contribution in [-0.4, -0.2) is 28.0 Å². The maximum atomic E-state index is 11.0. The van der Waals surface area contributed by atoms with Gasteiger partial charge in [-0.15, -0.1) is 0 Å². The van der Waals surface area contributed by atoms with E-state index in [1.807, 2.05) is 0 Å². The third-order valence-electron chi connectivity index (χ3n) is 3.36. The number of hydrogen-bond acceptors (Lipinski definition) is 3. The van der Waals surface area contributed by atoms with Gasteiger partial charge in [-0.05, 0) is 24.7 Å². The molecule has 0 radical (unpaired) electrons. The van der Waals surface area contributed by atoms with Gasteiger partial charge >= 0.3 is 5.97 Å². The molecule has 1 heterocycles. The Balaban J connectivity index is 2.12. The van der Waals surface area contributed by atoms with E-state index in [0.717, 1.165) is 12.5 Å². The van der Waals surface area contributed by atoms with Crippen LogP contribution in [0.2, 0.25) is 0 Å². The van der Waals surface area contributed by atoms with E-state index in [-0.39, 0.29) is 5.56 Å². The summed E-state index contributed by atoms with van der Waals surface area (Å²) in [5, 5.41) is 13.2. The van der Waals surface area contributed by atoms with E-state index in [1.165, 1.54) is 19.0 Å². The van der Waals surface area contributed by atoms with Crippen LogP contribution >= 0.6 is 0 Å². The number of carbonyl (C=O) groups is 1. The lowest BCUT2D eigenvalue weighted by Gasteiger charge is -2.32. The fourth-order valence-electron chi connectivity index (χ4n) is 2.50. The van der Waals surface area contributed by atoms with Crippen molar-refractivity contribution in [1.82, 2.24) is 9.78 Å². The lowest BCUT2D eigenvalue weighted by Crippen LogP contribution is -2.26. The number of aromatic carboxylic acids is 1. The number of hydrogen-bond donors (Lipinski definition) is 1. The molecular formula is C12H18N2O3. The molecule has 1 aromatic rings. The molecule has 17 heavy (non-hydrogen) atoms. The fraction of sp³-hybridized carbons (Fsp3) is 0.667. The van der Waals surface area contributed by atoms with Crippen molar-refractivity contribution in [2.24, 2.45) is 11.8 Å². The first-order valence-corrected chi connectivity index (χ1v) is 5.88. The number of carboxylic acid groups (broad SMARTS) is 1. The first kappa shape index (κ1) is 12.1. The average Bonchev–Trinajstić information content (AvgIpc) is 2.60. The smallest absolute Gasteiger partial charge is 0.339 e. The highest BCUT2D eigenvalue weighted by molar-refractivity contribution is 5.88. The summed E-state index contributed by atoms with van der Waals surface area (Å²) in [7, 11) is 1.56. The van der Waals surface area contributed by atoms with E-state index in [0.29, 0.717) is 18.2 Å². The molecule has 0 aliphatic heterocycles. The Labute approximate surface area is 100 Å². The first-order chi connectivity index (χ1) is 8.11. The van der Waals surface area contributed by atoms with Crippen molar-refractivity contribution < 1.29 is 14.6 Å². The van der Waals surface area contributed by atoms with Gasteiger partial charge in [0.15, 0.2) is 0 Å². The summed E-state index contributed by atoms with van der Waals surface area (Å²) in [6.45, 7) is 3.33. The zero-order valence-electron chi connectivity index (χ0n) is 10.2. The maximum Gasteiger partial charge on any atom is 0.339 e. The number of ether oxygens (including phenoxy) is 1. The molecule has 0 amide bonds. The molecule has 0 aromatic carbocycles. The lowest BCUT2D eigenvalue weighted by atomic mass is 9.76. The number of methoxy groups -OCH3 is 1. The van der Waals surface area contributed by atoms with E-state index in [4.69, 9.17) is 9.84 Å². The molecule has 5 nitrogen and oxygen atoms in total. The summed E-state index contributed by atoms with van der Waals surface area (Å²) < 4.78 is 6.83. The molecule has 2 rings (SSSR count). The normalized spacial score (nSPS) is 23.4. The predicted octanol–water partition coefficient (Wildman–Crippen LogP) is 1.77. The summed E-state index contributed by atoms with van der Waals surface area (Å²) in [5.74, 6) is 0.479. The molecule has 1 aliphatic rings. The second-order valence-electron chi connectivity index (χ2n) is 4.87. The van der Waals surface area contributed by atoms with Gasteiger partial charge in [0.1, 0.15) is 5.56 Å². The topological polar surface area (TPSA) is 64.3 Å². The van der Waals surface area contributed by atoms with Crippen molar-refractivity contribution in [3.8, 4) is 0 Å². The molecule has 1 aliphatic carbocycles. The standard InChI is InChI=1S/C12H18N2O3/c1-8-3-9(4-8)6-14-11(7-17-2)10(5-13-14)12(15)16/h5,8-9H,3-4,6-7H2,1-2H3,(H,15,16). The average molecular weight is 238 g/mol. The monoisotopic (exact) mass is 238 g/mol. The van der Waals surface area contributed by atoms with Gasteiger partial charge in [-0.2, -0.15) is 5.10 Å². The Morgan fingerprint density at radius 3 is 2.88 bits per heavy atom. The van der Waals surface area contributed by atoms with E-state index in [9.17, 15) is 4.79 Å². The zero-order valence-corrected chi connectivity index (χ0v) is 10.2. The summed E-state index contributed by atoms with van der Waals surface area (Å²) in [6.07, 6.45) is 3.82. The Morgan fingerprint density at radius 1 is 1.65 bits per heavy atom. The van der Waals surface area contributed by atoms with Crippen LogP contribution in [0.3, 0.4) is 0 Å². The molecule has 0 unspecified atom stereocenters. The van der Waals surface area contributed by atoms with Gasteiger partial charge in [0.05, 0.1) is 18.5 Å². The minimum absolute atomic E-state index is 0.249. The van der Waals surface area contributed by atoms with Crippen LogP contribution in [-0.2, 0) is 17.9 Å². The van der Waals surface area contributed by atoms with Crippen molar-refractivity contribution >= 4 is 5.97 Å². The number of aromatic nitrogens is 2. The molecule has 5 heteroatoms. The van der Waals surface area contributed by atoms with Crippen LogP contribution in [0, 0.1) is 11.8 Å². The zero-order chi connectivity index (χ0) is 12.4. The summed E-state index contributed by atoms with van der Waals surface area (Å²) in [6, 6.07) is 0. The molecule has 0 bridgehead atoms. The highest BCUT2D eigenvalue weighted by Gasteiger charge is 2.27. The van der Waals surface area contributed by atoms with Gasteiger partial charge in [-0.3, -0.25) is 4.68 Å². The maximum absolute atomic E-state index is 11.0. The Morgan fingerprint density at radius 2 is 2.35 bits per heavy atom. The van der Waals surface area contributed by atoms with Gasteiger partial charge < -0.3 is 9.84 Å². The number of nitrogens with zero attached hydrogens (tertiary/aromatic N) is 2. The lowest BCUT2D eigenvalue weighted by molar-refractivity contribution is 0.0690. The van der Waals surface area contributed by atoms with Gasteiger partial charge in [0, 0.05) is 13.7 Å². The van der Waals surface area contributed by atoms with Crippen molar-refractivity contribution in [2.45, 2.75) is 32.9 Å². The molecule has 0 saturated heterocycles. The molecule has 1 saturated carbocycles. The molecule has 1 aromatic heterocycles. The van der Waals surface area contributed by atoms with Crippen LogP contribution in [0.4, 0.5) is 0 Å². The van der Waals surface area contributed by atoms with Gasteiger partial charge in [-0.1, -0.05) is 6.92 Å². The van der Waals surface area contributed by atoms with Crippen LogP contribution < -0.4 is 0 Å². The summed E-state index contributed by atoms with van der Waals surface area (Å²) in [5.41, 5.74) is 0.916. The largest absolute Gasteiger partial charge is 0.478 e. The van der Waals surface area contributed by atoms with Gasteiger partial charge in [-0.25, -0.2) is 4.79 Å². The second-order valence-corrected chi connectivity index (χ2v) is 4.87. The van der Waals surface area contributed by atoms with E-state index in [1.54, 1.807) is 11.8 Å². The molecule has 0 atom stereocenters. The summed E-state index contributed by atoms with van der Waals surface area (Å²) >= 11 is 0. The van der Waals surface area contributed by atoms with Crippen molar-refractivity contribution in [3.05, 3.63) is 17.5 Å². The van der Waals surface area contributed by atoms with E-state index >= 15 is 0 Å². The molecule has 0 spiro atoms. The fourth-order valence-corrected chi connectivity index (χ4v) is 2.50. The second kappa shape index (κ2) is 4.87. The van der Waals surface area contributed by atoms with Gasteiger partial charge in [0.25, 0.3) is 0 Å². The Hall–Kier alpha value is -1.36. The molecule has 1 N–H and O–H groups in total. The number of rotatable bonds is 5. The molecule has 1 fully saturated rings. The third kappa shape index (κ3) is 2.49. The third-order valence-corrected chi connectivity index (χ3v) is 3.36. The van der Waals surface area contributed by atoms with E-state index < -0.39 is 5.97 Å². The minimum atomic E-state index is -0.940. The molecule has 94 valence electrons. The van der Waals surface area contributed by atoms with Crippen molar-refractivity contribution in [1.29, 1.82) is 0 Å². The minimum Gasteiger partial charge on any atom is -0.478 e. The van der Waals surface area contributed by atoms with Crippen LogP contribution in [0.5, 0.6) is 0 Å². The van der Waals surface area contributed by atoms with E-state index in [2.05, 4.69) is 12.0 Å². The van der Waals surface area contributed by atoms with Crippen LogP contribution in [0.1, 0.15) is 35.8 Å². The Bertz CT molecular complexity index is 408. The van der Waals surface area contributed by atoms with Crippen molar-refractivity contribution in [3.63, 3.8) is 0 Å². The van der Waals surface area contributed by atoms with Crippen LogP contribution in [0.25, 0.3) is 0 Å².